The van der Waals surface area contributed by atoms with Gasteiger partial charge in [0.15, 0.2) is 0 Å². The molecule has 1 saturated heterocycles. The molecule has 124 valence electrons. The molecule has 0 aliphatic carbocycles. The lowest BCUT2D eigenvalue weighted by atomic mass is 10.1. The highest BCUT2D eigenvalue weighted by molar-refractivity contribution is 7.20. The Morgan fingerprint density at radius 3 is 2.83 bits per heavy atom. The number of amides is 1. The van der Waals surface area contributed by atoms with Gasteiger partial charge in [-0.1, -0.05) is 25.2 Å². The lowest BCUT2D eigenvalue weighted by Crippen LogP contribution is -2.32. The van der Waals surface area contributed by atoms with Crippen LogP contribution in [0.15, 0.2) is 11.0 Å². The van der Waals surface area contributed by atoms with Crippen LogP contribution in [0.5, 0.6) is 0 Å². The van der Waals surface area contributed by atoms with Crippen molar-refractivity contribution in [2.45, 2.75) is 33.1 Å². The van der Waals surface area contributed by atoms with Crippen molar-refractivity contribution in [2.75, 3.05) is 24.5 Å². The van der Waals surface area contributed by atoms with Crippen LogP contribution < -0.4 is 15.8 Å². The standard InChI is InChI=1S/C15H21N5O2S/c1-10(2)5-6-16-12(21)11-9-17-14-20(13(11)22)18-15(23-14)19-7-3-4-8-19/h9-10H,3-8H2,1-2H3,(H,16,21). The number of nitrogens with one attached hydrogen (secondary N) is 1. The lowest BCUT2D eigenvalue weighted by Gasteiger charge is -2.10. The number of carbonyl (C=O) groups excluding carboxylic acids is 1. The van der Waals surface area contributed by atoms with Crippen LogP contribution in [0.4, 0.5) is 5.13 Å². The summed E-state index contributed by atoms with van der Waals surface area (Å²) in [5.74, 6) is 0.117. The monoisotopic (exact) mass is 335 g/mol. The van der Waals surface area contributed by atoms with Gasteiger partial charge < -0.3 is 10.2 Å². The molecule has 3 rings (SSSR count). The Balaban J connectivity index is 1.83. The van der Waals surface area contributed by atoms with Crippen LogP contribution in [0.3, 0.4) is 0 Å². The second kappa shape index (κ2) is 6.66. The molecule has 0 aromatic carbocycles. The van der Waals surface area contributed by atoms with Crippen molar-refractivity contribution in [1.82, 2.24) is 19.9 Å². The van der Waals surface area contributed by atoms with Crippen LogP contribution in [-0.2, 0) is 0 Å². The number of hydrogen-bond donors (Lipinski definition) is 1. The zero-order chi connectivity index (χ0) is 16.4. The second-order valence-electron chi connectivity index (χ2n) is 6.19. The van der Waals surface area contributed by atoms with Crippen molar-refractivity contribution >= 4 is 27.3 Å². The van der Waals surface area contributed by atoms with Gasteiger partial charge >= 0.3 is 0 Å². The molecule has 0 atom stereocenters. The molecular weight excluding hydrogens is 314 g/mol. The van der Waals surface area contributed by atoms with Crippen molar-refractivity contribution in [3.8, 4) is 0 Å². The fourth-order valence-electron chi connectivity index (χ4n) is 2.54. The Kier molecular flexibility index (Phi) is 4.61. The van der Waals surface area contributed by atoms with E-state index >= 15 is 0 Å². The number of anilines is 1. The van der Waals surface area contributed by atoms with E-state index in [9.17, 15) is 9.59 Å². The Morgan fingerprint density at radius 1 is 1.39 bits per heavy atom. The van der Waals surface area contributed by atoms with E-state index < -0.39 is 5.56 Å². The predicted molar refractivity (Wildman–Crippen MR) is 90.4 cm³/mol. The molecule has 1 N–H and O–H groups in total. The Hall–Kier alpha value is -1.96. The summed E-state index contributed by atoms with van der Waals surface area (Å²) in [6, 6.07) is 0. The van der Waals surface area contributed by atoms with Crippen LogP contribution in [0.2, 0.25) is 0 Å². The largest absolute Gasteiger partial charge is 0.352 e. The molecule has 2 aromatic heterocycles. The number of aromatic nitrogens is 3. The third kappa shape index (κ3) is 3.36. The van der Waals surface area contributed by atoms with Gasteiger partial charge in [-0.15, -0.1) is 5.10 Å². The zero-order valence-corrected chi connectivity index (χ0v) is 14.2. The van der Waals surface area contributed by atoms with E-state index in [0.29, 0.717) is 17.4 Å². The van der Waals surface area contributed by atoms with Gasteiger partial charge in [-0.05, 0) is 25.2 Å². The third-order valence-electron chi connectivity index (χ3n) is 3.90. The molecule has 0 saturated carbocycles. The average Bonchev–Trinajstić information content (AvgIpc) is 3.16. The molecule has 8 heteroatoms. The van der Waals surface area contributed by atoms with E-state index in [1.807, 2.05) is 0 Å². The van der Waals surface area contributed by atoms with Crippen molar-refractivity contribution in [3.63, 3.8) is 0 Å². The molecule has 3 heterocycles. The molecule has 2 aromatic rings. The first kappa shape index (κ1) is 15.9. The maximum Gasteiger partial charge on any atom is 0.288 e. The maximum absolute atomic E-state index is 12.5. The van der Waals surface area contributed by atoms with Crippen LogP contribution in [-0.4, -0.2) is 40.1 Å². The topological polar surface area (TPSA) is 79.6 Å². The summed E-state index contributed by atoms with van der Waals surface area (Å²) in [7, 11) is 0. The fourth-order valence-corrected chi connectivity index (χ4v) is 3.45. The number of hydrogen-bond acceptors (Lipinski definition) is 6. The van der Waals surface area contributed by atoms with Crippen molar-refractivity contribution in [3.05, 3.63) is 22.1 Å². The van der Waals surface area contributed by atoms with Gasteiger partial charge in [0.2, 0.25) is 10.1 Å². The summed E-state index contributed by atoms with van der Waals surface area (Å²) in [4.78, 5) is 31.5. The quantitative estimate of drug-likeness (QED) is 0.896. The second-order valence-corrected chi connectivity index (χ2v) is 7.12. The van der Waals surface area contributed by atoms with Gasteiger partial charge in [-0.25, -0.2) is 4.98 Å². The van der Waals surface area contributed by atoms with Gasteiger partial charge in [0.1, 0.15) is 5.56 Å². The highest BCUT2D eigenvalue weighted by atomic mass is 32.1. The van der Waals surface area contributed by atoms with E-state index in [2.05, 4.69) is 34.1 Å². The first-order valence-electron chi connectivity index (χ1n) is 7.98. The molecule has 0 unspecified atom stereocenters. The van der Waals surface area contributed by atoms with Crippen molar-refractivity contribution < 1.29 is 4.79 Å². The molecule has 0 bridgehead atoms. The smallest absolute Gasteiger partial charge is 0.288 e. The Bertz CT molecular complexity index is 761. The van der Waals surface area contributed by atoms with E-state index in [0.717, 1.165) is 37.5 Å². The summed E-state index contributed by atoms with van der Waals surface area (Å²) in [6.45, 7) is 6.64. The van der Waals surface area contributed by atoms with Crippen LogP contribution >= 0.6 is 11.3 Å². The Labute approximate surface area is 138 Å². The van der Waals surface area contributed by atoms with E-state index in [4.69, 9.17) is 0 Å². The Morgan fingerprint density at radius 2 is 2.13 bits per heavy atom. The lowest BCUT2D eigenvalue weighted by molar-refractivity contribution is 0.0950. The van der Waals surface area contributed by atoms with Crippen molar-refractivity contribution in [1.29, 1.82) is 0 Å². The summed E-state index contributed by atoms with van der Waals surface area (Å²) < 4.78 is 1.25. The first-order chi connectivity index (χ1) is 11.1. The predicted octanol–water partition coefficient (Wildman–Crippen LogP) is 1.53. The minimum absolute atomic E-state index is 0.0459. The molecule has 0 radical (unpaired) electrons. The molecule has 0 spiro atoms. The highest BCUT2D eigenvalue weighted by Gasteiger charge is 2.20. The average molecular weight is 335 g/mol. The minimum atomic E-state index is -0.404. The van der Waals surface area contributed by atoms with E-state index in [1.54, 1.807) is 0 Å². The maximum atomic E-state index is 12.5. The molecule has 23 heavy (non-hydrogen) atoms. The van der Waals surface area contributed by atoms with Gasteiger partial charge in [0, 0.05) is 25.8 Å². The van der Waals surface area contributed by atoms with Crippen LogP contribution in [0, 0.1) is 5.92 Å². The minimum Gasteiger partial charge on any atom is -0.352 e. The summed E-state index contributed by atoms with van der Waals surface area (Å²) in [5, 5.41) is 7.92. The van der Waals surface area contributed by atoms with Crippen molar-refractivity contribution in [2.24, 2.45) is 5.92 Å². The summed E-state index contributed by atoms with van der Waals surface area (Å²) >= 11 is 1.39. The van der Waals surface area contributed by atoms with Gasteiger partial charge in [0.25, 0.3) is 11.5 Å². The van der Waals surface area contributed by atoms with Gasteiger partial charge in [-0.3, -0.25) is 9.59 Å². The first-order valence-corrected chi connectivity index (χ1v) is 8.80. The summed E-state index contributed by atoms with van der Waals surface area (Å²) in [5.41, 5.74) is -0.358. The molecule has 1 fully saturated rings. The van der Waals surface area contributed by atoms with Crippen LogP contribution in [0.25, 0.3) is 4.96 Å². The number of nitrogens with zero attached hydrogens (tertiary/aromatic N) is 4. The van der Waals surface area contributed by atoms with Gasteiger partial charge in [-0.2, -0.15) is 4.52 Å². The number of rotatable bonds is 5. The van der Waals surface area contributed by atoms with Crippen LogP contribution in [0.1, 0.15) is 43.5 Å². The molecule has 7 nitrogen and oxygen atoms in total. The number of carbonyl (C=O) groups is 1. The normalized spacial score (nSPS) is 14.8. The molecule has 1 aliphatic heterocycles. The highest BCUT2D eigenvalue weighted by Crippen LogP contribution is 2.24. The van der Waals surface area contributed by atoms with Gasteiger partial charge in [0.05, 0.1) is 0 Å². The van der Waals surface area contributed by atoms with E-state index in [1.165, 1.54) is 22.0 Å². The fraction of sp³-hybridized carbons (Fsp3) is 0.600. The molecule has 1 aliphatic rings. The molecular formula is C15H21N5O2S. The molecule has 1 amide bonds. The summed E-state index contributed by atoms with van der Waals surface area (Å²) in [6.07, 6.45) is 4.51. The SMILES string of the molecule is CC(C)CCNC(=O)c1cnc2sc(N3CCCC3)nn2c1=O. The van der Waals surface area contributed by atoms with E-state index in [-0.39, 0.29) is 11.5 Å². The third-order valence-corrected chi connectivity index (χ3v) is 4.89. The zero-order valence-electron chi connectivity index (χ0n) is 13.4. The number of fused-ring (bicyclic) bond motifs is 1.